The Balaban J connectivity index is 2.27. The molecule has 4 nitrogen and oxygen atoms in total. The van der Waals surface area contributed by atoms with Crippen LogP contribution in [0.25, 0.3) is 0 Å². The molecule has 2 rings (SSSR count). The van der Waals surface area contributed by atoms with Crippen molar-refractivity contribution in [2.45, 2.75) is 13.0 Å². The normalized spacial score (nSPS) is 21.7. The molecule has 1 saturated heterocycles. The second-order valence-corrected chi connectivity index (χ2v) is 3.94. The van der Waals surface area contributed by atoms with Gasteiger partial charge < -0.3 is 9.47 Å². The molecular weight excluding hydrogens is 239 g/mol. The third-order valence-corrected chi connectivity index (χ3v) is 2.88. The molecule has 0 spiro atoms. The fourth-order valence-electron chi connectivity index (χ4n) is 1.26. The van der Waals surface area contributed by atoms with Crippen molar-refractivity contribution >= 4 is 23.2 Å². The summed E-state index contributed by atoms with van der Waals surface area (Å²) in [7, 11) is 0. The van der Waals surface area contributed by atoms with Gasteiger partial charge in [-0.25, -0.2) is 9.97 Å². The third kappa shape index (κ3) is 2.39. The lowest BCUT2D eigenvalue weighted by atomic mass is 10.3. The van der Waals surface area contributed by atoms with E-state index in [2.05, 4.69) is 9.97 Å². The summed E-state index contributed by atoms with van der Waals surface area (Å²) in [5, 5.41) is 0.721. The standard InChI is InChI=1S/C9H10Cl2N2O2/c1-5-7(10)12-9(13-8(5)11)6-4-14-2-3-15-6/h6H,2-4H2,1H3. The Morgan fingerprint density at radius 3 is 2.40 bits per heavy atom. The Bertz CT molecular complexity index is 344. The Kier molecular flexibility index (Phi) is 3.41. The summed E-state index contributed by atoms with van der Waals surface area (Å²) < 4.78 is 10.7. The van der Waals surface area contributed by atoms with Gasteiger partial charge in [0.1, 0.15) is 16.4 Å². The van der Waals surface area contributed by atoms with E-state index >= 15 is 0 Å². The molecule has 0 bridgehead atoms. The first-order valence-corrected chi connectivity index (χ1v) is 5.33. The maximum absolute atomic E-state index is 5.91. The summed E-state index contributed by atoms with van der Waals surface area (Å²) in [4.78, 5) is 8.24. The topological polar surface area (TPSA) is 44.2 Å². The van der Waals surface area contributed by atoms with E-state index in [4.69, 9.17) is 32.7 Å². The van der Waals surface area contributed by atoms with E-state index in [1.165, 1.54) is 0 Å². The fourth-order valence-corrected chi connectivity index (χ4v) is 1.66. The van der Waals surface area contributed by atoms with Crippen LogP contribution in [0.4, 0.5) is 0 Å². The fraction of sp³-hybridized carbons (Fsp3) is 0.556. The summed E-state index contributed by atoms with van der Waals surface area (Å²) in [5.74, 6) is 0.482. The van der Waals surface area contributed by atoms with Crippen molar-refractivity contribution in [2.75, 3.05) is 19.8 Å². The van der Waals surface area contributed by atoms with Crippen LogP contribution >= 0.6 is 23.2 Å². The number of aromatic nitrogens is 2. The highest BCUT2D eigenvalue weighted by molar-refractivity contribution is 6.34. The molecule has 2 heterocycles. The van der Waals surface area contributed by atoms with Crippen molar-refractivity contribution in [3.8, 4) is 0 Å². The Morgan fingerprint density at radius 2 is 1.87 bits per heavy atom. The maximum Gasteiger partial charge on any atom is 0.162 e. The molecule has 1 aliphatic heterocycles. The third-order valence-electron chi connectivity index (χ3n) is 2.15. The first-order valence-electron chi connectivity index (χ1n) is 4.57. The van der Waals surface area contributed by atoms with Crippen LogP contribution in [0.2, 0.25) is 10.3 Å². The average molecular weight is 249 g/mol. The van der Waals surface area contributed by atoms with Crippen LogP contribution < -0.4 is 0 Å². The lowest BCUT2D eigenvalue weighted by molar-refractivity contribution is -0.0935. The molecule has 0 saturated carbocycles. The molecule has 1 aliphatic rings. The molecule has 82 valence electrons. The molecule has 0 aromatic carbocycles. The average Bonchev–Trinajstić information content (AvgIpc) is 2.26. The second kappa shape index (κ2) is 4.61. The Labute approximate surface area is 97.5 Å². The van der Waals surface area contributed by atoms with Gasteiger partial charge in [0.2, 0.25) is 0 Å². The van der Waals surface area contributed by atoms with Gasteiger partial charge in [0.25, 0.3) is 0 Å². The minimum Gasteiger partial charge on any atom is -0.376 e. The van der Waals surface area contributed by atoms with Crippen LogP contribution in [0.3, 0.4) is 0 Å². The van der Waals surface area contributed by atoms with Gasteiger partial charge in [-0.2, -0.15) is 0 Å². The van der Waals surface area contributed by atoms with E-state index in [1.54, 1.807) is 6.92 Å². The van der Waals surface area contributed by atoms with E-state index in [1.807, 2.05) is 0 Å². The lowest BCUT2D eigenvalue weighted by Crippen LogP contribution is -2.23. The van der Waals surface area contributed by atoms with E-state index < -0.39 is 0 Å². The van der Waals surface area contributed by atoms with Crippen LogP contribution in [0.1, 0.15) is 17.5 Å². The largest absolute Gasteiger partial charge is 0.376 e. The van der Waals surface area contributed by atoms with Crippen LogP contribution in [0.5, 0.6) is 0 Å². The maximum atomic E-state index is 5.91. The van der Waals surface area contributed by atoms with E-state index in [0.717, 1.165) is 0 Å². The van der Waals surface area contributed by atoms with Crippen molar-refractivity contribution < 1.29 is 9.47 Å². The number of halogens is 2. The number of hydrogen-bond donors (Lipinski definition) is 0. The first-order chi connectivity index (χ1) is 7.18. The van der Waals surface area contributed by atoms with Gasteiger partial charge in [-0.15, -0.1) is 0 Å². The molecule has 0 N–H and O–H groups in total. The molecule has 1 fully saturated rings. The zero-order valence-electron chi connectivity index (χ0n) is 8.17. The summed E-state index contributed by atoms with van der Waals surface area (Å²) in [6, 6.07) is 0. The minimum absolute atomic E-state index is 0.269. The molecule has 0 aliphatic carbocycles. The van der Waals surface area contributed by atoms with Crippen LogP contribution in [-0.4, -0.2) is 29.8 Å². The molecular formula is C9H10Cl2N2O2. The highest BCUT2D eigenvalue weighted by atomic mass is 35.5. The monoisotopic (exact) mass is 248 g/mol. The first kappa shape index (κ1) is 11.1. The van der Waals surface area contributed by atoms with Gasteiger partial charge >= 0.3 is 0 Å². The highest BCUT2D eigenvalue weighted by Crippen LogP contribution is 2.24. The Hall–Kier alpha value is -0.420. The molecule has 1 aromatic heterocycles. The zero-order valence-corrected chi connectivity index (χ0v) is 9.68. The van der Waals surface area contributed by atoms with Crippen molar-refractivity contribution in [1.82, 2.24) is 9.97 Å². The lowest BCUT2D eigenvalue weighted by Gasteiger charge is -2.22. The summed E-state index contributed by atoms with van der Waals surface area (Å²) in [6.07, 6.45) is -0.269. The smallest absolute Gasteiger partial charge is 0.162 e. The van der Waals surface area contributed by atoms with Gasteiger partial charge in [-0.05, 0) is 6.92 Å². The summed E-state index contributed by atoms with van der Waals surface area (Å²) >= 11 is 11.8. The number of ether oxygens (including phenoxy) is 2. The van der Waals surface area contributed by atoms with E-state index in [9.17, 15) is 0 Å². The predicted molar refractivity (Wildman–Crippen MR) is 56.3 cm³/mol. The van der Waals surface area contributed by atoms with Gasteiger partial charge in [0, 0.05) is 5.56 Å². The summed E-state index contributed by atoms with van der Waals surface area (Å²) in [6.45, 7) is 3.35. The molecule has 15 heavy (non-hydrogen) atoms. The Morgan fingerprint density at radius 1 is 1.20 bits per heavy atom. The summed E-state index contributed by atoms with van der Waals surface area (Å²) in [5.41, 5.74) is 0.679. The zero-order chi connectivity index (χ0) is 10.8. The molecule has 1 aromatic rings. The SMILES string of the molecule is Cc1c(Cl)nc(C2COCCO2)nc1Cl. The van der Waals surface area contributed by atoms with Crippen molar-refractivity contribution in [1.29, 1.82) is 0 Å². The van der Waals surface area contributed by atoms with Crippen LogP contribution in [0, 0.1) is 6.92 Å². The number of rotatable bonds is 1. The molecule has 0 radical (unpaired) electrons. The van der Waals surface area contributed by atoms with Crippen LogP contribution in [0.15, 0.2) is 0 Å². The quantitative estimate of drug-likeness (QED) is 0.715. The highest BCUT2D eigenvalue weighted by Gasteiger charge is 2.21. The van der Waals surface area contributed by atoms with Gasteiger partial charge in [-0.3, -0.25) is 0 Å². The van der Waals surface area contributed by atoms with E-state index in [0.29, 0.717) is 41.5 Å². The predicted octanol–water partition coefficient (Wildman–Crippen LogP) is 2.18. The van der Waals surface area contributed by atoms with E-state index in [-0.39, 0.29) is 6.10 Å². The van der Waals surface area contributed by atoms with Crippen molar-refractivity contribution in [2.24, 2.45) is 0 Å². The van der Waals surface area contributed by atoms with Gasteiger partial charge in [0.15, 0.2) is 5.82 Å². The van der Waals surface area contributed by atoms with Crippen LogP contribution in [-0.2, 0) is 9.47 Å². The molecule has 6 heteroatoms. The second-order valence-electron chi connectivity index (χ2n) is 3.22. The van der Waals surface area contributed by atoms with Gasteiger partial charge in [0.05, 0.1) is 19.8 Å². The minimum atomic E-state index is -0.269. The van der Waals surface area contributed by atoms with Gasteiger partial charge in [-0.1, -0.05) is 23.2 Å². The number of hydrogen-bond acceptors (Lipinski definition) is 4. The van der Waals surface area contributed by atoms with Crippen molar-refractivity contribution in [3.05, 3.63) is 21.7 Å². The molecule has 1 unspecified atom stereocenters. The number of nitrogens with zero attached hydrogens (tertiary/aromatic N) is 2. The van der Waals surface area contributed by atoms with Crippen molar-refractivity contribution in [3.63, 3.8) is 0 Å². The molecule has 0 amide bonds. The molecule has 1 atom stereocenters.